The molecule has 0 unspecified atom stereocenters. The van der Waals surface area contributed by atoms with Gasteiger partial charge in [0.15, 0.2) is 11.5 Å². The molecule has 0 atom stereocenters. The average Bonchev–Trinajstić information content (AvgIpc) is 3.40. The van der Waals surface area contributed by atoms with Crippen LogP contribution in [0.25, 0.3) is 6.08 Å². The van der Waals surface area contributed by atoms with Crippen LogP contribution in [0, 0.1) is 0 Å². The molecule has 6 nitrogen and oxygen atoms in total. The maximum absolute atomic E-state index is 12.9. The Morgan fingerprint density at radius 2 is 1.87 bits per heavy atom. The number of methoxy groups -OCH3 is 1. The van der Waals surface area contributed by atoms with Gasteiger partial charge < -0.3 is 9.47 Å². The summed E-state index contributed by atoms with van der Waals surface area (Å²) >= 11 is 1.31. The second-order valence-corrected chi connectivity index (χ2v) is 7.42. The van der Waals surface area contributed by atoms with Crippen molar-refractivity contribution in [1.29, 1.82) is 0 Å². The minimum absolute atomic E-state index is 0.203. The summed E-state index contributed by atoms with van der Waals surface area (Å²) in [5.74, 6) is 0.0639. The molecule has 3 aromatic rings. The van der Waals surface area contributed by atoms with E-state index in [9.17, 15) is 9.59 Å². The molecular formula is C23H18N2O4S. The molecule has 1 aliphatic heterocycles. The zero-order chi connectivity index (χ0) is 21.1. The van der Waals surface area contributed by atoms with Crippen LogP contribution in [0.3, 0.4) is 0 Å². The predicted octanol–water partition coefficient (Wildman–Crippen LogP) is 4.78. The fourth-order valence-electron chi connectivity index (χ4n) is 3.00. The lowest BCUT2D eigenvalue weighted by Crippen LogP contribution is -2.21. The molecule has 7 heteroatoms. The van der Waals surface area contributed by atoms with Gasteiger partial charge in [0.2, 0.25) is 0 Å². The molecule has 0 saturated carbocycles. The highest BCUT2D eigenvalue weighted by Gasteiger charge is 2.28. The number of amides is 1. The number of nitrogens with zero attached hydrogens (tertiary/aromatic N) is 2. The van der Waals surface area contributed by atoms with E-state index >= 15 is 0 Å². The number of benzene rings is 2. The number of anilines is 1. The van der Waals surface area contributed by atoms with Crippen LogP contribution in [0.15, 0.2) is 76.7 Å². The minimum atomic E-state index is -0.443. The van der Waals surface area contributed by atoms with Gasteiger partial charge >= 0.3 is 5.97 Å². The first-order valence-corrected chi connectivity index (χ1v) is 10.1. The minimum Gasteiger partial charge on any atom is -0.493 e. The molecule has 1 aliphatic rings. The van der Waals surface area contributed by atoms with E-state index in [1.165, 1.54) is 23.5 Å². The van der Waals surface area contributed by atoms with E-state index in [2.05, 4.69) is 5.10 Å². The van der Waals surface area contributed by atoms with Crippen LogP contribution in [0.4, 0.5) is 5.69 Å². The van der Waals surface area contributed by atoms with Crippen LogP contribution in [-0.4, -0.2) is 24.7 Å². The predicted molar refractivity (Wildman–Crippen MR) is 117 cm³/mol. The number of hydrogen-bond acceptors (Lipinski definition) is 6. The first-order valence-electron chi connectivity index (χ1n) is 9.17. The van der Waals surface area contributed by atoms with E-state index in [1.807, 2.05) is 35.7 Å². The summed E-state index contributed by atoms with van der Waals surface area (Å²) in [5, 5.41) is 7.57. The van der Waals surface area contributed by atoms with Crippen molar-refractivity contribution in [2.24, 2.45) is 5.10 Å². The van der Waals surface area contributed by atoms with Crippen molar-refractivity contribution in [1.82, 2.24) is 0 Å². The maximum atomic E-state index is 12.9. The van der Waals surface area contributed by atoms with E-state index in [0.717, 1.165) is 5.56 Å². The van der Waals surface area contributed by atoms with Crippen LogP contribution < -0.4 is 14.5 Å². The first kappa shape index (κ1) is 19.6. The summed E-state index contributed by atoms with van der Waals surface area (Å²) in [7, 11) is 1.50. The lowest BCUT2D eigenvalue weighted by Gasteiger charge is -2.11. The number of hydrogen-bond donors (Lipinski definition) is 0. The Morgan fingerprint density at radius 3 is 2.57 bits per heavy atom. The molecule has 0 bridgehead atoms. The number of ether oxygens (including phenoxy) is 2. The Morgan fingerprint density at radius 1 is 1.07 bits per heavy atom. The van der Waals surface area contributed by atoms with E-state index in [1.54, 1.807) is 43.3 Å². The maximum Gasteiger partial charge on any atom is 0.353 e. The van der Waals surface area contributed by atoms with Gasteiger partial charge in [-0.3, -0.25) is 4.79 Å². The summed E-state index contributed by atoms with van der Waals surface area (Å²) in [6, 6.07) is 17.9. The standard InChI is InChI=1S/C23H18N2O4S/c1-15-18(22(26)25(24-15)17-7-4-3-5-8-17)13-16-10-11-19(20(14-16)28-2)29-23(27)21-9-6-12-30-21/h3-14H,1-2H3. The zero-order valence-electron chi connectivity index (χ0n) is 16.4. The van der Waals surface area contributed by atoms with Crippen molar-refractivity contribution < 1.29 is 19.1 Å². The van der Waals surface area contributed by atoms with Gasteiger partial charge in [-0.2, -0.15) is 10.1 Å². The quantitative estimate of drug-likeness (QED) is 0.340. The van der Waals surface area contributed by atoms with Gasteiger partial charge in [0.05, 0.1) is 24.1 Å². The fourth-order valence-corrected chi connectivity index (χ4v) is 3.60. The van der Waals surface area contributed by atoms with Crippen molar-refractivity contribution in [3.63, 3.8) is 0 Å². The smallest absolute Gasteiger partial charge is 0.353 e. The van der Waals surface area contributed by atoms with Gasteiger partial charge in [-0.25, -0.2) is 4.79 Å². The second kappa shape index (κ2) is 8.34. The fraction of sp³-hybridized carbons (Fsp3) is 0.0870. The number of rotatable bonds is 5. The highest BCUT2D eigenvalue weighted by atomic mass is 32.1. The molecule has 0 radical (unpaired) electrons. The van der Waals surface area contributed by atoms with Crippen molar-refractivity contribution in [3.05, 3.63) is 82.1 Å². The molecular weight excluding hydrogens is 400 g/mol. The highest BCUT2D eigenvalue weighted by Crippen LogP contribution is 2.31. The molecule has 0 aliphatic carbocycles. The van der Waals surface area contributed by atoms with Crippen LogP contribution in [0.5, 0.6) is 11.5 Å². The second-order valence-electron chi connectivity index (χ2n) is 6.47. The third-order valence-electron chi connectivity index (χ3n) is 4.49. The summed E-state index contributed by atoms with van der Waals surface area (Å²) in [6.07, 6.45) is 1.75. The molecule has 30 heavy (non-hydrogen) atoms. The number of esters is 1. The Bertz CT molecular complexity index is 1150. The Balaban J connectivity index is 1.59. The van der Waals surface area contributed by atoms with Gasteiger partial charge in [-0.1, -0.05) is 30.3 Å². The summed E-state index contributed by atoms with van der Waals surface area (Å²) in [4.78, 5) is 25.6. The number of carbonyl (C=O) groups excluding carboxylic acids is 2. The largest absolute Gasteiger partial charge is 0.493 e. The monoisotopic (exact) mass is 418 g/mol. The molecule has 0 spiro atoms. The third-order valence-corrected chi connectivity index (χ3v) is 5.34. The molecule has 150 valence electrons. The van der Waals surface area contributed by atoms with Gasteiger partial charge in [-0.05, 0) is 54.3 Å². The number of carbonyl (C=O) groups is 2. The van der Waals surface area contributed by atoms with Crippen molar-refractivity contribution in [2.75, 3.05) is 12.1 Å². The Labute approximate surface area is 177 Å². The summed E-state index contributed by atoms with van der Waals surface area (Å²) in [6.45, 7) is 1.79. The summed E-state index contributed by atoms with van der Waals surface area (Å²) < 4.78 is 10.8. The van der Waals surface area contributed by atoms with E-state index in [4.69, 9.17) is 9.47 Å². The van der Waals surface area contributed by atoms with E-state index in [0.29, 0.717) is 33.3 Å². The van der Waals surface area contributed by atoms with Crippen LogP contribution in [0.1, 0.15) is 22.2 Å². The van der Waals surface area contributed by atoms with Gasteiger partial charge in [0.1, 0.15) is 4.88 Å². The molecule has 1 aromatic heterocycles. The van der Waals surface area contributed by atoms with Crippen molar-refractivity contribution >= 4 is 40.7 Å². The molecule has 2 aromatic carbocycles. The molecule has 0 fully saturated rings. The first-order chi connectivity index (χ1) is 14.6. The third kappa shape index (κ3) is 3.88. The Kier molecular flexibility index (Phi) is 5.45. The number of hydrazone groups is 1. The highest BCUT2D eigenvalue weighted by molar-refractivity contribution is 7.12. The molecule has 0 saturated heterocycles. The van der Waals surface area contributed by atoms with E-state index < -0.39 is 5.97 Å². The SMILES string of the molecule is COc1cc(C=C2C(=O)N(c3ccccc3)N=C2C)ccc1OC(=O)c1cccs1. The van der Waals surface area contributed by atoms with Crippen LogP contribution in [-0.2, 0) is 4.79 Å². The molecule has 2 heterocycles. The van der Waals surface area contributed by atoms with Crippen LogP contribution >= 0.6 is 11.3 Å². The average molecular weight is 418 g/mol. The Hall–Kier alpha value is -3.71. The number of thiophene rings is 1. The molecule has 1 amide bonds. The van der Waals surface area contributed by atoms with Crippen molar-refractivity contribution in [2.45, 2.75) is 6.92 Å². The topological polar surface area (TPSA) is 68.2 Å². The van der Waals surface area contributed by atoms with Gasteiger partial charge in [0.25, 0.3) is 5.91 Å². The summed E-state index contributed by atoms with van der Waals surface area (Å²) in [5.41, 5.74) is 2.55. The molecule has 4 rings (SSSR count). The zero-order valence-corrected chi connectivity index (χ0v) is 17.2. The number of para-hydroxylation sites is 1. The normalized spacial score (nSPS) is 14.7. The lowest BCUT2D eigenvalue weighted by atomic mass is 10.1. The van der Waals surface area contributed by atoms with E-state index in [-0.39, 0.29) is 5.91 Å². The molecule has 0 N–H and O–H groups in total. The lowest BCUT2D eigenvalue weighted by molar-refractivity contribution is -0.114. The van der Waals surface area contributed by atoms with Gasteiger partial charge in [-0.15, -0.1) is 11.3 Å². The van der Waals surface area contributed by atoms with Crippen molar-refractivity contribution in [3.8, 4) is 11.5 Å². The van der Waals surface area contributed by atoms with Crippen LogP contribution in [0.2, 0.25) is 0 Å². The van der Waals surface area contributed by atoms with Gasteiger partial charge in [0, 0.05) is 0 Å².